The Kier molecular flexibility index (Phi) is 3.46. The molecule has 3 nitrogen and oxygen atoms in total. The smallest absolute Gasteiger partial charge is 0.111 e. The highest BCUT2D eigenvalue weighted by Gasteiger charge is 2.24. The number of hydrogen-bond acceptors (Lipinski definition) is 3. The maximum atomic E-state index is 5.93. The van der Waals surface area contributed by atoms with E-state index in [4.69, 9.17) is 10.7 Å². The first-order valence-electron chi connectivity index (χ1n) is 7.04. The average Bonchev–Trinajstić information content (AvgIpc) is 3.00. The number of H-pyrrole nitrogens is 1. The fourth-order valence-corrected chi connectivity index (χ4v) is 3.78. The van der Waals surface area contributed by atoms with Crippen molar-refractivity contribution in [2.75, 3.05) is 6.54 Å². The van der Waals surface area contributed by atoms with Gasteiger partial charge in [-0.15, -0.1) is 11.3 Å². The predicted octanol–water partition coefficient (Wildman–Crippen LogP) is 3.33. The third-order valence-corrected chi connectivity index (χ3v) is 4.81. The zero-order valence-electron chi connectivity index (χ0n) is 11.6. The number of rotatable bonds is 4. The van der Waals surface area contributed by atoms with Gasteiger partial charge in [-0.25, -0.2) is 4.98 Å². The lowest BCUT2D eigenvalue weighted by molar-refractivity contribution is 0.490. The van der Waals surface area contributed by atoms with Gasteiger partial charge in [-0.3, -0.25) is 0 Å². The van der Waals surface area contributed by atoms with Gasteiger partial charge in [0.15, 0.2) is 0 Å². The van der Waals surface area contributed by atoms with Crippen molar-refractivity contribution in [3.63, 3.8) is 0 Å². The Labute approximate surface area is 118 Å². The summed E-state index contributed by atoms with van der Waals surface area (Å²) in [6.07, 6.45) is 3.31. The maximum Gasteiger partial charge on any atom is 0.111 e. The summed E-state index contributed by atoms with van der Waals surface area (Å²) in [7, 11) is 0. The standard InChI is InChI=1S/C15H21N3S/c1-9(2)7-10(8-16)15-17-12-3-4-13-11(5-6-19-13)14(12)18-15/h5-6,9-10H,3-4,7-8,16H2,1-2H3,(H,17,18). The molecule has 0 radical (unpaired) electrons. The van der Waals surface area contributed by atoms with Crippen molar-refractivity contribution in [1.82, 2.24) is 9.97 Å². The van der Waals surface area contributed by atoms with Crippen LogP contribution in [-0.2, 0) is 12.8 Å². The summed E-state index contributed by atoms with van der Waals surface area (Å²) < 4.78 is 0. The Bertz CT molecular complexity index is 568. The average molecular weight is 275 g/mol. The molecule has 0 aromatic carbocycles. The van der Waals surface area contributed by atoms with Gasteiger partial charge in [0.1, 0.15) is 5.82 Å². The van der Waals surface area contributed by atoms with E-state index in [2.05, 4.69) is 30.3 Å². The third kappa shape index (κ3) is 2.35. The number of nitrogens with zero attached hydrogens (tertiary/aromatic N) is 1. The van der Waals surface area contributed by atoms with Crippen LogP contribution < -0.4 is 5.73 Å². The quantitative estimate of drug-likeness (QED) is 0.899. The van der Waals surface area contributed by atoms with Crippen molar-refractivity contribution >= 4 is 11.3 Å². The molecule has 19 heavy (non-hydrogen) atoms. The molecule has 0 spiro atoms. The molecule has 2 heterocycles. The number of hydrogen-bond donors (Lipinski definition) is 2. The minimum atomic E-state index is 0.354. The van der Waals surface area contributed by atoms with E-state index < -0.39 is 0 Å². The van der Waals surface area contributed by atoms with Crippen molar-refractivity contribution in [1.29, 1.82) is 0 Å². The van der Waals surface area contributed by atoms with Gasteiger partial charge in [-0.05, 0) is 36.6 Å². The Balaban J connectivity index is 1.95. The van der Waals surface area contributed by atoms with Crippen molar-refractivity contribution in [2.24, 2.45) is 11.7 Å². The molecular formula is C15H21N3S. The van der Waals surface area contributed by atoms with Gasteiger partial charge in [0, 0.05) is 28.6 Å². The molecular weight excluding hydrogens is 254 g/mol. The molecule has 2 aromatic heterocycles. The van der Waals surface area contributed by atoms with Crippen molar-refractivity contribution in [3.05, 3.63) is 27.8 Å². The first-order valence-corrected chi connectivity index (χ1v) is 7.92. The van der Waals surface area contributed by atoms with Gasteiger partial charge in [0.05, 0.1) is 5.69 Å². The molecule has 1 unspecified atom stereocenters. The second-order valence-corrected chi connectivity index (χ2v) is 6.77. The Morgan fingerprint density at radius 1 is 1.42 bits per heavy atom. The number of fused-ring (bicyclic) bond motifs is 3. The first kappa shape index (κ1) is 12.9. The van der Waals surface area contributed by atoms with Crippen LogP contribution in [0.4, 0.5) is 0 Å². The third-order valence-electron chi connectivity index (χ3n) is 3.83. The lowest BCUT2D eigenvalue weighted by atomic mass is 9.97. The number of nitrogens with two attached hydrogens (primary N) is 1. The van der Waals surface area contributed by atoms with Gasteiger partial charge in [0.2, 0.25) is 0 Å². The largest absolute Gasteiger partial charge is 0.345 e. The number of aromatic amines is 1. The number of thiophene rings is 1. The number of aryl methyl sites for hydroxylation is 2. The summed E-state index contributed by atoms with van der Waals surface area (Å²) >= 11 is 1.84. The molecule has 0 bridgehead atoms. The summed E-state index contributed by atoms with van der Waals surface area (Å²) in [5.74, 6) is 2.08. The monoisotopic (exact) mass is 275 g/mol. The van der Waals surface area contributed by atoms with Crippen LogP contribution in [-0.4, -0.2) is 16.5 Å². The second-order valence-electron chi connectivity index (χ2n) is 5.77. The number of aromatic nitrogens is 2. The van der Waals surface area contributed by atoms with E-state index in [0.717, 1.165) is 25.1 Å². The molecule has 1 aliphatic carbocycles. The summed E-state index contributed by atoms with van der Waals surface area (Å²) in [5.41, 5.74) is 9.72. The van der Waals surface area contributed by atoms with E-state index in [1.54, 1.807) is 0 Å². The van der Waals surface area contributed by atoms with Crippen LogP contribution >= 0.6 is 11.3 Å². The molecule has 0 saturated heterocycles. The van der Waals surface area contributed by atoms with Gasteiger partial charge in [0.25, 0.3) is 0 Å². The Morgan fingerprint density at radius 2 is 2.26 bits per heavy atom. The molecule has 0 amide bonds. The second kappa shape index (κ2) is 5.10. The summed E-state index contributed by atoms with van der Waals surface area (Å²) in [6, 6.07) is 2.20. The first-order chi connectivity index (χ1) is 9.19. The normalized spacial score (nSPS) is 15.4. The van der Waals surface area contributed by atoms with Crippen LogP contribution in [0.3, 0.4) is 0 Å². The van der Waals surface area contributed by atoms with E-state index in [1.165, 1.54) is 21.8 Å². The molecule has 0 saturated carbocycles. The van der Waals surface area contributed by atoms with Crippen LogP contribution in [0.25, 0.3) is 11.3 Å². The summed E-state index contributed by atoms with van der Waals surface area (Å²) in [4.78, 5) is 9.86. The Morgan fingerprint density at radius 3 is 3.00 bits per heavy atom. The van der Waals surface area contributed by atoms with Crippen molar-refractivity contribution in [3.8, 4) is 11.3 Å². The maximum absolute atomic E-state index is 5.93. The van der Waals surface area contributed by atoms with Crippen LogP contribution in [0.5, 0.6) is 0 Å². The molecule has 1 aliphatic rings. The summed E-state index contributed by atoms with van der Waals surface area (Å²) in [6.45, 7) is 5.14. The zero-order chi connectivity index (χ0) is 13.4. The summed E-state index contributed by atoms with van der Waals surface area (Å²) in [5, 5.41) is 2.17. The van der Waals surface area contributed by atoms with Crippen LogP contribution in [0.15, 0.2) is 11.4 Å². The highest BCUT2D eigenvalue weighted by molar-refractivity contribution is 7.10. The topological polar surface area (TPSA) is 54.7 Å². The molecule has 4 heteroatoms. The molecule has 3 N–H and O–H groups in total. The molecule has 1 atom stereocenters. The minimum Gasteiger partial charge on any atom is -0.345 e. The molecule has 102 valence electrons. The van der Waals surface area contributed by atoms with Gasteiger partial charge < -0.3 is 10.7 Å². The SMILES string of the molecule is CC(C)CC(CN)c1nc2c([nH]1)CCc1sccc1-2. The highest BCUT2D eigenvalue weighted by atomic mass is 32.1. The van der Waals surface area contributed by atoms with Gasteiger partial charge in [-0.1, -0.05) is 13.8 Å². The van der Waals surface area contributed by atoms with Crippen LogP contribution in [0.1, 0.15) is 42.6 Å². The van der Waals surface area contributed by atoms with E-state index >= 15 is 0 Å². The van der Waals surface area contributed by atoms with E-state index in [1.807, 2.05) is 11.3 Å². The van der Waals surface area contributed by atoms with E-state index in [9.17, 15) is 0 Å². The Hall–Kier alpha value is -1.13. The van der Waals surface area contributed by atoms with Crippen LogP contribution in [0, 0.1) is 5.92 Å². The fourth-order valence-electron chi connectivity index (χ4n) is 2.90. The predicted molar refractivity (Wildman–Crippen MR) is 80.6 cm³/mol. The lowest BCUT2D eigenvalue weighted by Gasteiger charge is -2.14. The van der Waals surface area contributed by atoms with Crippen LogP contribution in [0.2, 0.25) is 0 Å². The molecule has 0 fully saturated rings. The van der Waals surface area contributed by atoms with E-state index in [-0.39, 0.29) is 0 Å². The highest BCUT2D eigenvalue weighted by Crippen LogP contribution is 2.36. The van der Waals surface area contributed by atoms with E-state index in [0.29, 0.717) is 18.4 Å². The minimum absolute atomic E-state index is 0.354. The number of nitrogens with one attached hydrogen (secondary N) is 1. The van der Waals surface area contributed by atoms with Gasteiger partial charge in [-0.2, -0.15) is 0 Å². The zero-order valence-corrected chi connectivity index (χ0v) is 12.4. The van der Waals surface area contributed by atoms with Crippen molar-refractivity contribution in [2.45, 2.75) is 39.0 Å². The lowest BCUT2D eigenvalue weighted by Crippen LogP contribution is -2.16. The number of imidazole rings is 1. The van der Waals surface area contributed by atoms with Gasteiger partial charge >= 0.3 is 0 Å². The molecule has 2 aromatic rings. The van der Waals surface area contributed by atoms with Crippen molar-refractivity contribution < 1.29 is 0 Å². The molecule has 3 rings (SSSR count). The molecule has 0 aliphatic heterocycles. The fraction of sp³-hybridized carbons (Fsp3) is 0.533.